The highest BCUT2D eigenvalue weighted by molar-refractivity contribution is 5.91. The van der Waals surface area contributed by atoms with Crippen LogP contribution in [0, 0.1) is 0 Å². The van der Waals surface area contributed by atoms with Gasteiger partial charge in [-0.1, -0.05) is 19.9 Å². The quantitative estimate of drug-likeness (QED) is 0.844. The molecule has 0 fully saturated rings. The Morgan fingerprint density at radius 2 is 2.12 bits per heavy atom. The van der Waals surface area contributed by atoms with E-state index in [1.54, 1.807) is 7.11 Å². The second kappa shape index (κ2) is 6.13. The summed E-state index contributed by atoms with van der Waals surface area (Å²) >= 11 is 0. The van der Waals surface area contributed by atoms with Crippen LogP contribution in [0.2, 0.25) is 0 Å². The Morgan fingerprint density at radius 3 is 2.65 bits per heavy atom. The molecule has 94 valence electrons. The van der Waals surface area contributed by atoms with Gasteiger partial charge in [-0.05, 0) is 30.5 Å². The first-order valence-electron chi connectivity index (χ1n) is 5.81. The molecule has 0 aromatic heterocycles. The molecule has 0 aliphatic heterocycles. The Bertz CT molecular complexity index is 389. The summed E-state index contributed by atoms with van der Waals surface area (Å²) in [5.41, 5.74) is 1.86. The molecular formula is C13H20N2O2. The Balaban J connectivity index is 2.93. The molecule has 2 amide bonds. The van der Waals surface area contributed by atoms with Gasteiger partial charge in [0.25, 0.3) is 0 Å². The number of carbonyl (C=O) groups is 1. The number of hydrogen-bond acceptors (Lipinski definition) is 2. The second-order valence-corrected chi connectivity index (χ2v) is 4.10. The van der Waals surface area contributed by atoms with Crippen molar-refractivity contribution in [3.05, 3.63) is 23.8 Å². The van der Waals surface area contributed by atoms with Gasteiger partial charge in [-0.3, -0.25) is 0 Å². The number of carbonyl (C=O) groups excluding carboxylic acids is 1. The van der Waals surface area contributed by atoms with Crippen molar-refractivity contribution in [2.24, 2.45) is 0 Å². The van der Waals surface area contributed by atoms with Crippen LogP contribution in [-0.2, 0) is 0 Å². The maximum absolute atomic E-state index is 11.5. The van der Waals surface area contributed by atoms with Crippen molar-refractivity contribution >= 4 is 11.7 Å². The van der Waals surface area contributed by atoms with Crippen molar-refractivity contribution in [1.82, 2.24) is 5.32 Å². The number of amides is 2. The van der Waals surface area contributed by atoms with E-state index < -0.39 is 0 Å². The number of benzene rings is 1. The third kappa shape index (κ3) is 3.66. The van der Waals surface area contributed by atoms with E-state index in [0.717, 1.165) is 5.56 Å². The lowest BCUT2D eigenvalue weighted by molar-refractivity contribution is 0.252. The fraction of sp³-hybridized carbons (Fsp3) is 0.462. The monoisotopic (exact) mass is 236 g/mol. The third-order valence-electron chi connectivity index (χ3n) is 2.48. The predicted molar refractivity (Wildman–Crippen MR) is 69.8 cm³/mol. The number of methoxy groups -OCH3 is 1. The molecule has 1 aromatic rings. The average molecular weight is 236 g/mol. The summed E-state index contributed by atoms with van der Waals surface area (Å²) in [6, 6.07) is 5.61. The highest BCUT2D eigenvalue weighted by atomic mass is 16.5. The number of anilines is 1. The van der Waals surface area contributed by atoms with Crippen LogP contribution in [0.25, 0.3) is 0 Å². The topological polar surface area (TPSA) is 50.4 Å². The van der Waals surface area contributed by atoms with Crippen LogP contribution in [0.1, 0.15) is 32.3 Å². The molecule has 1 rings (SSSR count). The van der Waals surface area contributed by atoms with Gasteiger partial charge in [-0.25, -0.2) is 4.79 Å². The predicted octanol–water partition coefficient (Wildman–Crippen LogP) is 2.96. The molecule has 2 N–H and O–H groups in total. The molecule has 0 bridgehead atoms. The highest BCUT2D eigenvalue weighted by Crippen LogP contribution is 2.28. The number of ether oxygens (including phenoxy) is 1. The lowest BCUT2D eigenvalue weighted by Crippen LogP contribution is -2.28. The number of rotatable bonds is 4. The van der Waals surface area contributed by atoms with E-state index >= 15 is 0 Å². The Morgan fingerprint density at radius 1 is 1.41 bits per heavy atom. The van der Waals surface area contributed by atoms with Crippen LogP contribution in [0.3, 0.4) is 0 Å². The molecule has 0 spiro atoms. The first kappa shape index (κ1) is 13.4. The fourth-order valence-electron chi connectivity index (χ4n) is 1.51. The van der Waals surface area contributed by atoms with Crippen LogP contribution >= 0.6 is 0 Å². The summed E-state index contributed by atoms with van der Waals surface area (Å²) in [6.07, 6.45) is 0. The zero-order valence-electron chi connectivity index (χ0n) is 10.8. The summed E-state index contributed by atoms with van der Waals surface area (Å²) in [5.74, 6) is 1.08. The second-order valence-electron chi connectivity index (χ2n) is 4.10. The molecular weight excluding hydrogens is 216 g/mol. The zero-order valence-corrected chi connectivity index (χ0v) is 10.8. The van der Waals surface area contributed by atoms with Gasteiger partial charge in [0.2, 0.25) is 0 Å². The minimum Gasteiger partial charge on any atom is -0.495 e. The molecule has 0 saturated carbocycles. The number of hydrogen-bond donors (Lipinski definition) is 2. The van der Waals surface area contributed by atoms with Crippen molar-refractivity contribution in [3.63, 3.8) is 0 Å². The number of nitrogens with one attached hydrogen (secondary N) is 2. The van der Waals surface area contributed by atoms with Crippen LogP contribution in [0.4, 0.5) is 10.5 Å². The molecule has 0 radical (unpaired) electrons. The molecule has 1 aromatic carbocycles. The molecule has 0 aliphatic rings. The van der Waals surface area contributed by atoms with Crippen molar-refractivity contribution in [2.45, 2.75) is 26.7 Å². The normalized spacial score (nSPS) is 10.2. The SMILES string of the molecule is CCNC(=O)Nc1cc(C(C)C)ccc1OC. The van der Waals surface area contributed by atoms with Crippen LogP contribution in [0.15, 0.2) is 18.2 Å². The van der Waals surface area contributed by atoms with Gasteiger partial charge >= 0.3 is 6.03 Å². The van der Waals surface area contributed by atoms with E-state index in [1.165, 1.54) is 0 Å². The van der Waals surface area contributed by atoms with Crippen LogP contribution in [-0.4, -0.2) is 19.7 Å². The smallest absolute Gasteiger partial charge is 0.319 e. The van der Waals surface area contributed by atoms with Gasteiger partial charge in [0.05, 0.1) is 12.8 Å². The summed E-state index contributed by atoms with van der Waals surface area (Å²) in [6.45, 7) is 6.69. The largest absolute Gasteiger partial charge is 0.495 e. The van der Waals surface area contributed by atoms with Crippen LogP contribution in [0.5, 0.6) is 5.75 Å². The fourth-order valence-corrected chi connectivity index (χ4v) is 1.51. The molecule has 17 heavy (non-hydrogen) atoms. The lowest BCUT2D eigenvalue weighted by Gasteiger charge is -2.13. The van der Waals surface area contributed by atoms with Gasteiger partial charge in [0.1, 0.15) is 5.75 Å². The van der Waals surface area contributed by atoms with E-state index in [1.807, 2.05) is 25.1 Å². The minimum atomic E-state index is -0.216. The van der Waals surface area contributed by atoms with E-state index in [4.69, 9.17) is 4.74 Å². The van der Waals surface area contributed by atoms with E-state index in [0.29, 0.717) is 23.9 Å². The number of urea groups is 1. The van der Waals surface area contributed by atoms with Gasteiger partial charge in [0.15, 0.2) is 0 Å². The highest BCUT2D eigenvalue weighted by Gasteiger charge is 2.09. The molecule has 0 atom stereocenters. The van der Waals surface area contributed by atoms with Crippen molar-refractivity contribution in [2.75, 3.05) is 19.0 Å². The maximum Gasteiger partial charge on any atom is 0.319 e. The van der Waals surface area contributed by atoms with Crippen LogP contribution < -0.4 is 15.4 Å². The summed E-state index contributed by atoms with van der Waals surface area (Å²) in [4.78, 5) is 11.5. The van der Waals surface area contributed by atoms with Crippen molar-refractivity contribution < 1.29 is 9.53 Å². The Labute approximate surface area is 102 Å². The molecule has 4 nitrogen and oxygen atoms in total. The molecule has 4 heteroatoms. The van der Waals surface area contributed by atoms with E-state index in [-0.39, 0.29) is 6.03 Å². The first-order valence-corrected chi connectivity index (χ1v) is 5.81. The summed E-state index contributed by atoms with van der Waals surface area (Å²) in [7, 11) is 1.59. The van der Waals surface area contributed by atoms with E-state index in [2.05, 4.69) is 24.5 Å². The molecule has 0 aliphatic carbocycles. The maximum atomic E-state index is 11.5. The van der Waals surface area contributed by atoms with Crippen molar-refractivity contribution in [1.29, 1.82) is 0 Å². The average Bonchev–Trinajstić information content (AvgIpc) is 2.29. The first-order chi connectivity index (χ1) is 8.08. The standard InChI is InChI=1S/C13H20N2O2/c1-5-14-13(16)15-11-8-10(9(2)3)6-7-12(11)17-4/h6-9H,5H2,1-4H3,(H2,14,15,16). The van der Waals surface area contributed by atoms with E-state index in [9.17, 15) is 4.79 Å². The zero-order chi connectivity index (χ0) is 12.8. The Hall–Kier alpha value is -1.71. The van der Waals surface area contributed by atoms with Gasteiger partial charge in [-0.2, -0.15) is 0 Å². The van der Waals surface area contributed by atoms with Gasteiger partial charge in [-0.15, -0.1) is 0 Å². The summed E-state index contributed by atoms with van der Waals surface area (Å²) < 4.78 is 5.22. The minimum absolute atomic E-state index is 0.216. The third-order valence-corrected chi connectivity index (χ3v) is 2.48. The van der Waals surface area contributed by atoms with Gasteiger partial charge in [0, 0.05) is 6.54 Å². The summed E-state index contributed by atoms with van der Waals surface area (Å²) in [5, 5.41) is 5.47. The lowest BCUT2D eigenvalue weighted by atomic mass is 10.0. The van der Waals surface area contributed by atoms with Gasteiger partial charge < -0.3 is 15.4 Å². The Kier molecular flexibility index (Phi) is 4.82. The molecule has 0 unspecified atom stereocenters. The van der Waals surface area contributed by atoms with Crippen molar-refractivity contribution in [3.8, 4) is 5.75 Å². The molecule has 0 heterocycles. The molecule has 0 saturated heterocycles.